The fraction of sp³-hybridized carbons (Fsp3) is 0.326. The van der Waals surface area contributed by atoms with Crippen molar-refractivity contribution in [1.29, 1.82) is 0 Å². The van der Waals surface area contributed by atoms with Gasteiger partial charge >= 0.3 is 11.9 Å². The van der Waals surface area contributed by atoms with Gasteiger partial charge in [-0.05, 0) is 67.1 Å². The van der Waals surface area contributed by atoms with Gasteiger partial charge in [0.15, 0.2) is 5.78 Å². The molecule has 4 aromatic carbocycles. The van der Waals surface area contributed by atoms with Crippen LogP contribution in [0.2, 0.25) is 0 Å². The van der Waals surface area contributed by atoms with Gasteiger partial charge in [-0.15, -0.1) is 0 Å². The molecule has 55 heavy (non-hydrogen) atoms. The molecule has 0 radical (unpaired) electrons. The number of esters is 1. The SMILES string of the molecule is CCn1c2ccc(C(=O)/C(CCC(=O)OCc3ccccc3)=N/OC(C)=O)cc2c2cc(C(=O)c3ccc(N4CCOCC4)cc3N3CCOCC3)ccc21. The van der Waals surface area contributed by atoms with E-state index >= 15 is 0 Å². The Morgan fingerprint density at radius 3 is 2.02 bits per heavy atom. The van der Waals surface area contributed by atoms with Crippen molar-refractivity contribution in [3.63, 3.8) is 0 Å². The zero-order valence-electron chi connectivity index (χ0n) is 31.1. The van der Waals surface area contributed by atoms with Crippen molar-refractivity contribution >= 4 is 62.4 Å². The van der Waals surface area contributed by atoms with Crippen LogP contribution in [0.25, 0.3) is 21.8 Å². The third kappa shape index (κ3) is 8.45. The molecule has 3 heterocycles. The first kappa shape index (κ1) is 37.5. The number of benzene rings is 4. The lowest BCUT2D eigenvalue weighted by atomic mass is 9.97. The number of aromatic nitrogens is 1. The Hall–Kier alpha value is -5.85. The van der Waals surface area contributed by atoms with Crippen LogP contribution >= 0.6 is 0 Å². The zero-order chi connectivity index (χ0) is 38.3. The quantitative estimate of drug-likeness (QED) is 0.0443. The van der Waals surface area contributed by atoms with Crippen molar-refractivity contribution in [3.05, 3.63) is 107 Å². The molecule has 0 saturated carbocycles. The molecule has 0 unspecified atom stereocenters. The summed E-state index contributed by atoms with van der Waals surface area (Å²) in [5, 5.41) is 5.44. The fourth-order valence-corrected chi connectivity index (χ4v) is 7.20. The lowest BCUT2D eigenvalue weighted by molar-refractivity contribution is -0.144. The minimum Gasteiger partial charge on any atom is -0.461 e. The van der Waals surface area contributed by atoms with Crippen LogP contribution in [0.5, 0.6) is 0 Å². The molecule has 12 heteroatoms. The summed E-state index contributed by atoms with van der Waals surface area (Å²) in [6, 6.07) is 26.4. The van der Waals surface area contributed by atoms with Gasteiger partial charge < -0.3 is 33.4 Å². The third-order valence-corrected chi connectivity index (χ3v) is 10.0. The normalized spacial score (nSPS) is 15.0. The predicted octanol–water partition coefficient (Wildman–Crippen LogP) is 6.34. The van der Waals surface area contributed by atoms with Gasteiger partial charge in [0.05, 0.1) is 38.5 Å². The van der Waals surface area contributed by atoms with Crippen LogP contribution in [0, 0.1) is 0 Å². The molecule has 12 nitrogen and oxygen atoms in total. The average molecular weight is 745 g/mol. The predicted molar refractivity (Wildman–Crippen MR) is 210 cm³/mol. The van der Waals surface area contributed by atoms with Gasteiger partial charge in [0.1, 0.15) is 12.3 Å². The summed E-state index contributed by atoms with van der Waals surface area (Å²) in [4.78, 5) is 62.1. The lowest BCUT2D eigenvalue weighted by Gasteiger charge is -2.33. The summed E-state index contributed by atoms with van der Waals surface area (Å²) in [5.74, 6) is -1.79. The molecule has 0 aliphatic carbocycles. The Labute approximate surface area is 319 Å². The first-order chi connectivity index (χ1) is 26.8. The number of nitrogens with zero attached hydrogens (tertiary/aromatic N) is 4. The fourth-order valence-electron chi connectivity index (χ4n) is 7.20. The molecule has 1 aromatic heterocycles. The van der Waals surface area contributed by atoms with Gasteiger partial charge in [-0.25, -0.2) is 4.79 Å². The third-order valence-electron chi connectivity index (χ3n) is 10.0. The van der Waals surface area contributed by atoms with Gasteiger partial charge in [-0.1, -0.05) is 35.5 Å². The van der Waals surface area contributed by atoms with E-state index in [1.807, 2.05) is 73.7 Å². The van der Waals surface area contributed by atoms with E-state index in [0.29, 0.717) is 62.8 Å². The maximum Gasteiger partial charge on any atom is 0.331 e. The van der Waals surface area contributed by atoms with Gasteiger partial charge in [0, 0.05) is 90.3 Å². The molecule has 284 valence electrons. The minimum absolute atomic E-state index is 0.0857. The maximum absolute atomic E-state index is 14.5. The molecule has 7 rings (SSSR count). The molecular weight excluding hydrogens is 700 g/mol. The Morgan fingerprint density at radius 1 is 0.727 bits per heavy atom. The van der Waals surface area contributed by atoms with Crippen LogP contribution in [0.4, 0.5) is 11.4 Å². The number of hydrogen-bond acceptors (Lipinski definition) is 11. The van der Waals surface area contributed by atoms with Crippen LogP contribution in [0.3, 0.4) is 0 Å². The number of carbonyl (C=O) groups excluding carboxylic acids is 4. The minimum atomic E-state index is -0.692. The molecular formula is C43H44N4O8. The number of fused-ring (bicyclic) bond motifs is 3. The second kappa shape index (κ2) is 17.1. The van der Waals surface area contributed by atoms with Gasteiger partial charge in [0.2, 0.25) is 5.78 Å². The van der Waals surface area contributed by atoms with Crippen molar-refractivity contribution in [3.8, 4) is 0 Å². The summed E-state index contributed by atoms with van der Waals surface area (Å²) in [6.07, 6.45) is -0.232. The Morgan fingerprint density at radius 2 is 1.36 bits per heavy atom. The van der Waals surface area contributed by atoms with E-state index in [4.69, 9.17) is 19.0 Å². The van der Waals surface area contributed by atoms with Gasteiger partial charge in [0.25, 0.3) is 0 Å². The van der Waals surface area contributed by atoms with E-state index in [2.05, 4.69) is 25.6 Å². The largest absolute Gasteiger partial charge is 0.461 e. The van der Waals surface area contributed by atoms with Crippen molar-refractivity contribution < 1.29 is 38.2 Å². The first-order valence-corrected chi connectivity index (χ1v) is 18.7. The topological polar surface area (TPSA) is 129 Å². The molecule has 0 atom stereocenters. The highest BCUT2D eigenvalue weighted by Gasteiger charge is 2.24. The maximum atomic E-state index is 14.5. The molecule has 5 aromatic rings. The number of carbonyl (C=O) groups is 4. The smallest absolute Gasteiger partial charge is 0.331 e. The molecule has 0 N–H and O–H groups in total. The molecule has 0 bridgehead atoms. The highest BCUT2D eigenvalue weighted by Crippen LogP contribution is 2.34. The molecule has 2 saturated heterocycles. The van der Waals surface area contributed by atoms with E-state index < -0.39 is 17.7 Å². The van der Waals surface area contributed by atoms with E-state index in [9.17, 15) is 19.2 Å². The summed E-state index contributed by atoms with van der Waals surface area (Å²) in [7, 11) is 0. The van der Waals surface area contributed by atoms with Crippen LogP contribution in [0.15, 0.2) is 90.1 Å². The Kier molecular flexibility index (Phi) is 11.6. The number of oxime groups is 1. The number of ketones is 2. The summed E-state index contributed by atoms with van der Waals surface area (Å²) >= 11 is 0. The molecule has 2 aliphatic heterocycles. The van der Waals surface area contributed by atoms with Crippen molar-refractivity contribution in [2.45, 2.75) is 39.8 Å². The number of Topliss-reactive ketones (excluding diaryl/α,β-unsaturated/α-hetero) is 1. The standard InChI is InChI=1S/C43H44N4O8/c1-3-47-38-14-9-31(42(50)34-12-11-33(45-17-21-52-22-18-45)27-40(34)46-19-23-53-24-20-46)25-35(38)36-26-32(10-15-39(36)47)43(51)37(44-55-29(2)48)13-16-41(49)54-28-30-7-5-4-6-8-30/h4-12,14-15,25-27H,3,13,16-24,28H2,1-2H3/b44-37+. The van der Waals surface area contributed by atoms with Crippen molar-refractivity contribution in [2.24, 2.45) is 5.16 Å². The average Bonchev–Trinajstić information content (AvgIpc) is 3.55. The van der Waals surface area contributed by atoms with Crippen LogP contribution < -0.4 is 9.80 Å². The lowest BCUT2D eigenvalue weighted by Crippen LogP contribution is -2.38. The first-order valence-electron chi connectivity index (χ1n) is 18.7. The number of ether oxygens (including phenoxy) is 3. The summed E-state index contributed by atoms with van der Waals surface area (Å²) in [6.45, 7) is 9.44. The van der Waals surface area contributed by atoms with E-state index in [1.165, 1.54) is 6.92 Å². The Balaban J connectivity index is 1.19. The molecule has 0 amide bonds. The number of aryl methyl sites for hydroxylation is 1. The molecule has 0 spiro atoms. The molecule has 2 aliphatic rings. The van der Waals surface area contributed by atoms with E-state index in [-0.39, 0.29) is 30.9 Å². The number of morpholine rings is 2. The van der Waals surface area contributed by atoms with E-state index in [0.717, 1.165) is 51.8 Å². The second-order valence-corrected chi connectivity index (χ2v) is 13.5. The summed E-state index contributed by atoms with van der Waals surface area (Å²) < 4.78 is 18.7. The number of rotatable bonds is 13. The highest BCUT2D eigenvalue weighted by atomic mass is 16.7. The van der Waals surface area contributed by atoms with Gasteiger partial charge in [-0.2, -0.15) is 0 Å². The second-order valence-electron chi connectivity index (χ2n) is 13.5. The molecule has 2 fully saturated rings. The van der Waals surface area contributed by atoms with Crippen molar-refractivity contribution in [2.75, 3.05) is 62.4 Å². The zero-order valence-corrected chi connectivity index (χ0v) is 31.1. The van der Waals surface area contributed by atoms with Gasteiger partial charge in [-0.3, -0.25) is 14.4 Å². The van der Waals surface area contributed by atoms with Crippen LogP contribution in [-0.4, -0.2) is 86.4 Å². The summed E-state index contributed by atoms with van der Waals surface area (Å²) in [5.41, 5.74) is 5.94. The van der Waals surface area contributed by atoms with E-state index in [1.54, 1.807) is 12.1 Å². The van der Waals surface area contributed by atoms with Crippen molar-refractivity contribution in [1.82, 2.24) is 4.57 Å². The number of anilines is 2. The highest BCUT2D eigenvalue weighted by molar-refractivity contribution is 6.46. The van der Waals surface area contributed by atoms with Crippen LogP contribution in [-0.2, 0) is 41.8 Å². The van der Waals surface area contributed by atoms with Crippen LogP contribution in [0.1, 0.15) is 58.5 Å². The Bertz CT molecular complexity index is 2250. The number of hydrogen-bond donors (Lipinski definition) is 0. The monoisotopic (exact) mass is 744 g/mol.